The van der Waals surface area contributed by atoms with Crippen LogP contribution >= 0.6 is 11.8 Å². The van der Waals surface area contributed by atoms with Crippen LogP contribution in [0, 0.1) is 0 Å². The van der Waals surface area contributed by atoms with Crippen LogP contribution in [0.4, 0.5) is 11.4 Å². The number of carbonyl (C=O) groups is 1. The molecule has 2 aromatic carbocycles. The van der Waals surface area contributed by atoms with E-state index < -0.39 is 0 Å². The molecule has 3 N–H and O–H groups in total. The van der Waals surface area contributed by atoms with E-state index in [-0.39, 0.29) is 5.91 Å². The van der Waals surface area contributed by atoms with Crippen molar-refractivity contribution in [2.75, 3.05) is 11.1 Å². The molecule has 0 aromatic heterocycles. The monoisotopic (exact) mass is 340 g/mol. The topological polar surface area (TPSA) is 55.1 Å². The van der Waals surface area contributed by atoms with Gasteiger partial charge in [-0.25, -0.2) is 0 Å². The van der Waals surface area contributed by atoms with E-state index in [1.54, 1.807) is 0 Å². The summed E-state index contributed by atoms with van der Waals surface area (Å²) >= 11 is 1.90. The number of para-hydroxylation sites is 2. The minimum atomic E-state index is 0.0396. The van der Waals surface area contributed by atoms with Gasteiger partial charge < -0.3 is 11.1 Å². The highest BCUT2D eigenvalue weighted by molar-refractivity contribution is 8.00. The molecule has 3 rings (SSSR count). The van der Waals surface area contributed by atoms with Gasteiger partial charge in [0.25, 0.3) is 0 Å². The first-order chi connectivity index (χ1) is 11.7. The number of hydrogen-bond donors (Lipinski definition) is 2. The smallest absolute Gasteiger partial charge is 0.224 e. The average molecular weight is 340 g/mol. The third kappa shape index (κ3) is 4.54. The van der Waals surface area contributed by atoms with Crippen LogP contribution in [0.3, 0.4) is 0 Å². The van der Waals surface area contributed by atoms with Crippen LogP contribution < -0.4 is 11.1 Å². The van der Waals surface area contributed by atoms with Crippen LogP contribution in [-0.2, 0) is 11.2 Å². The number of anilines is 2. The van der Waals surface area contributed by atoms with Crippen molar-refractivity contribution in [3.8, 4) is 0 Å². The molecule has 0 radical (unpaired) electrons. The predicted molar refractivity (Wildman–Crippen MR) is 102 cm³/mol. The molecule has 2 aromatic rings. The zero-order chi connectivity index (χ0) is 16.8. The highest BCUT2D eigenvalue weighted by Gasteiger charge is 2.18. The molecule has 1 saturated carbocycles. The first-order valence-corrected chi connectivity index (χ1v) is 9.49. The molecule has 1 aliphatic carbocycles. The van der Waals surface area contributed by atoms with Crippen LogP contribution in [0.15, 0.2) is 53.4 Å². The number of aryl methyl sites for hydroxylation is 1. The lowest BCUT2D eigenvalue weighted by Crippen LogP contribution is -2.13. The fourth-order valence-electron chi connectivity index (χ4n) is 3.08. The highest BCUT2D eigenvalue weighted by atomic mass is 32.2. The number of nitrogens with one attached hydrogen (secondary N) is 1. The van der Waals surface area contributed by atoms with E-state index in [2.05, 4.69) is 11.4 Å². The molecule has 0 unspecified atom stereocenters. The van der Waals surface area contributed by atoms with E-state index in [0.29, 0.717) is 18.1 Å². The summed E-state index contributed by atoms with van der Waals surface area (Å²) in [4.78, 5) is 13.5. The van der Waals surface area contributed by atoms with E-state index in [0.717, 1.165) is 16.9 Å². The van der Waals surface area contributed by atoms with E-state index in [9.17, 15) is 4.79 Å². The summed E-state index contributed by atoms with van der Waals surface area (Å²) in [6.07, 6.45) is 6.31. The molecular formula is C20H24N2OS. The Kier molecular flexibility index (Phi) is 5.81. The second kappa shape index (κ2) is 8.25. The number of amides is 1. The summed E-state index contributed by atoms with van der Waals surface area (Å²) in [7, 11) is 0. The number of nitrogens with two attached hydrogens (primary N) is 1. The number of benzene rings is 2. The van der Waals surface area contributed by atoms with E-state index in [4.69, 9.17) is 5.73 Å². The van der Waals surface area contributed by atoms with Gasteiger partial charge in [-0.3, -0.25) is 4.79 Å². The van der Waals surface area contributed by atoms with Crippen LogP contribution in [0.1, 0.15) is 37.7 Å². The Morgan fingerprint density at radius 3 is 2.58 bits per heavy atom. The van der Waals surface area contributed by atoms with Gasteiger partial charge in [0.15, 0.2) is 0 Å². The second-order valence-electron chi connectivity index (χ2n) is 6.27. The highest BCUT2D eigenvalue weighted by Crippen LogP contribution is 2.38. The zero-order valence-electron chi connectivity index (χ0n) is 13.8. The van der Waals surface area contributed by atoms with E-state index in [1.165, 1.54) is 30.6 Å². The average Bonchev–Trinajstić information content (AvgIpc) is 3.09. The van der Waals surface area contributed by atoms with Crippen molar-refractivity contribution in [3.63, 3.8) is 0 Å². The predicted octanol–water partition coefficient (Wildman–Crippen LogP) is 4.87. The maximum Gasteiger partial charge on any atom is 0.224 e. The summed E-state index contributed by atoms with van der Waals surface area (Å²) in [5.41, 5.74) is 8.65. The number of carbonyl (C=O) groups excluding carboxylic acids is 1. The largest absolute Gasteiger partial charge is 0.399 e. The number of nitrogen functional groups attached to an aromatic ring is 1. The molecule has 1 aliphatic rings. The Labute approximate surface area is 148 Å². The van der Waals surface area contributed by atoms with Crippen molar-refractivity contribution >= 4 is 29.0 Å². The SMILES string of the molecule is Nc1ccccc1CCC(=O)Nc1ccccc1SC1CCCC1. The minimum Gasteiger partial charge on any atom is -0.399 e. The number of hydrogen-bond acceptors (Lipinski definition) is 3. The summed E-state index contributed by atoms with van der Waals surface area (Å²) in [6, 6.07) is 15.8. The van der Waals surface area contributed by atoms with Gasteiger partial charge in [0.05, 0.1) is 5.69 Å². The van der Waals surface area contributed by atoms with Crippen molar-refractivity contribution in [2.24, 2.45) is 0 Å². The summed E-state index contributed by atoms with van der Waals surface area (Å²) in [5, 5.41) is 3.76. The molecule has 1 fully saturated rings. The lowest BCUT2D eigenvalue weighted by atomic mass is 10.1. The van der Waals surface area contributed by atoms with Gasteiger partial charge >= 0.3 is 0 Å². The summed E-state index contributed by atoms with van der Waals surface area (Å²) < 4.78 is 0. The van der Waals surface area contributed by atoms with Crippen molar-refractivity contribution < 1.29 is 4.79 Å². The Hall–Kier alpha value is -1.94. The maximum atomic E-state index is 12.3. The van der Waals surface area contributed by atoms with Crippen LogP contribution in [0.25, 0.3) is 0 Å². The van der Waals surface area contributed by atoms with E-state index >= 15 is 0 Å². The molecule has 0 heterocycles. The quantitative estimate of drug-likeness (QED) is 0.737. The fraction of sp³-hybridized carbons (Fsp3) is 0.350. The van der Waals surface area contributed by atoms with Crippen molar-refractivity contribution in [1.29, 1.82) is 0 Å². The standard InChI is InChI=1S/C20H24N2OS/c21-17-10-4-1-7-15(17)13-14-20(23)22-18-11-5-6-12-19(18)24-16-8-2-3-9-16/h1,4-7,10-12,16H,2-3,8-9,13-14,21H2,(H,22,23). The molecule has 24 heavy (non-hydrogen) atoms. The van der Waals surface area contributed by atoms with Crippen molar-refractivity contribution in [2.45, 2.75) is 48.7 Å². The normalized spacial score (nSPS) is 14.7. The van der Waals surface area contributed by atoms with Gasteiger partial charge in [0.2, 0.25) is 5.91 Å². The molecule has 0 bridgehead atoms. The first kappa shape index (κ1) is 16.9. The van der Waals surface area contributed by atoms with Crippen LogP contribution in [0.5, 0.6) is 0 Å². The third-order valence-electron chi connectivity index (χ3n) is 4.43. The number of thioether (sulfide) groups is 1. The minimum absolute atomic E-state index is 0.0396. The molecule has 0 atom stereocenters. The molecule has 3 nitrogen and oxygen atoms in total. The Balaban J connectivity index is 1.58. The van der Waals surface area contributed by atoms with Gasteiger partial charge in [-0.05, 0) is 43.0 Å². The van der Waals surface area contributed by atoms with Crippen molar-refractivity contribution in [3.05, 3.63) is 54.1 Å². The number of rotatable bonds is 6. The molecular weight excluding hydrogens is 316 g/mol. The molecule has 0 spiro atoms. The second-order valence-corrected chi connectivity index (χ2v) is 7.61. The molecule has 4 heteroatoms. The molecule has 126 valence electrons. The van der Waals surface area contributed by atoms with Crippen LogP contribution in [-0.4, -0.2) is 11.2 Å². The van der Waals surface area contributed by atoms with Gasteiger partial charge in [0, 0.05) is 22.3 Å². The summed E-state index contributed by atoms with van der Waals surface area (Å²) in [5.74, 6) is 0.0396. The third-order valence-corrected chi connectivity index (χ3v) is 5.85. The van der Waals surface area contributed by atoms with Gasteiger partial charge in [-0.15, -0.1) is 11.8 Å². The molecule has 0 aliphatic heterocycles. The lowest BCUT2D eigenvalue weighted by Gasteiger charge is -2.14. The first-order valence-electron chi connectivity index (χ1n) is 8.61. The summed E-state index contributed by atoms with van der Waals surface area (Å²) in [6.45, 7) is 0. The van der Waals surface area contributed by atoms with Gasteiger partial charge in [-0.2, -0.15) is 0 Å². The fourth-order valence-corrected chi connectivity index (χ4v) is 4.41. The maximum absolute atomic E-state index is 12.3. The lowest BCUT2D eigenvalue weighted by molar-refractivity contribution is -0.116. The van der Waals surface area contributed by atoms with E-state index in [1.807, 2.05) is 54.2 Å². The Morgan fingerprint density at radius 1 is 1.08 bits per heavy atom. The van der Waals surface area contributed by atoms with Gasteiger partial charge in [0.1, 0.15) is 0 Å². The molecule has 0 saturated heterocycles. The van der Waals surface area contributed by atoms with Crippen LogP contribution in [0.2, 0.25) is 0 Å². The van der Waals surface area contributed by atoms with Gasteiger partial charge in [-0.1, -0.05) is 43.2 Å². The zero-order valence-corrected chi connectivity index (χ0v) is 14.6. The Bertz CT molecular complexity index is 696. The Morgan fingerprint density at radius 2 is 1.79 bits per heavy atom. The van der Waals surface area contributed by atoms with Crippen molar-refractivity contribution in [1.82, 2.24) is 0 Å². The molecule has 1 amide bonds.